The molecular formula is C67H56ClN3O15S. The van der Waals surface area contributed by atoms with Gasteiger partial charge in [0.05, 0.1) is 58.3 Å². The summed E-state index contributed by atoms with van der Waals surface area (Å²) in [7, 11) is 0. The summed E-state index contributed by atoms with van der Waals surface area (Å²) in [5.74, 6) is -4.14. The average Bonchev–Trinajstić information content (AvgIpc) is 1.75. The van der Waals surface area contributed by atoms with Gasteiger partial charge in [0, 0.05) is 9.81 Å². The molecule has 18 nitrogen and oxygen atoms in total. The van der Waals surface area contributed by atoms with Crippen LogP contribution in [-0.4, -0.2) is 104 Å². The Hall–Kier alpha value is -9.14. The minimum atomic E-state index is -1.76. The van der Waals surface area contributed by atoms with Gasteiger partial charge in [-0.3, -0.25) is 0 Å². The second-order valence-corrected chi connectivity index (χ2v) is 21.3. The topological polar surface area (TPSA) is 226 Å². The predicted octanol–water partition coefficient (Wildman–Crippen LogP) is 12.8. The number of hydrogen-bond donors (Lipinski definition) is 0. The van der Waals surface area contributed by atoms with Crippen molar-refractivity contribution < 1.29 is 71.3 Å². The molecule has 87 heavy (non-hydrogen) atoms. The van der Waals surface area contributed by atoms with E-state index in [1.165, 1.54) is 48.2 Å². The molecule has 0 N–H and O–H groups in total. The molecule has 0 spiro atoms. The first-order chi connectivity index (χ1) is 42.6. The second-order valence-electron chi connectivity index (χ2n) is 19.8. The summed E-state index contributed by atoms with van der Waals surface area (Å²) >= 11 is 7.84. The van der Waals surface area contributed by atoms with Crippen LogP contribution >= 0.6 is 23.4 Å². The summed E-state index contributed by atoms with van der Waals surface area (Å²) in [5.41, 5.74) is 10.4. The zero-order chi connectivity index (χ0) is 60.3. The molecule has 2 aliphatic rings. The van der Waals surface area contributed by atoms with Gasteiger partial charge in [-0.05, 0) is 95.5 Å². The summed E-state index contributed by atoms with van der Waals surface area (Å²) in [4.78, 5) is 75.0. The van der Waals surface area contributed by atoms with Crippen molar-refractivity contribution in [3.05, 3.63) is 285 Å². The lowest BCUT2D eigenvalue weighted by atomic mass is 9.97. The molecule has 2 fully saturated rings. The van der Waals surface area contributed by atoms with Gasteiger partial charge < -0.3 is 47.4 Å². The fourth-order valence-corrected chi connectivity index (χ4v) is 11.0. The third-order valence-corrected chi connectivity index (χ3v) is 15.4. The van der Waals surface area contributed by atoms with Crippen LogP contribution in [0, 0.1) is 0 Å². The standard InChI is InChI=1S/C67H56ClN3O15S/c68-51-38-44(36-37-52(51)70-71-69)40-78-57-55(77-39-43-22-8-1-9-23-43)53(82-67(87-50-34-20-7-21-35-50)60(57)86-65(76)49-32-18-6-19-33-49)42-80-66-59(85-64(75)48-30-16-5-17-31-48)58(84-63(74)47-28-14-4-15-29-47)56(83-62(73)46-26-12-3-13-27-46)54(81-66)41-79-61(72)45-24-10-2-11-25-45/h1-38,53-60,66-67H,39-42H2/t53-,54-,55-,56-,57+,58+,59-,60-,66-,67+/m1/s1. The summed E-state index contributed by atoms with van der Waals surface area (Å²) in [6.45, 7) is -1.26. The Balaban J connectivity index is 1.07. The van der Waals surface area contributed by atoms with Crippen molar-refractivity contribution in [2.24, 2.45) is 5.11 Å². The van der Waals surface area contributed by atoms with Crippen LogP contribution in [0.2, 0.25) is 5.02 Å². The molecule has 442 valence electrons. The molecule has 20 heteroatoms. The molecule has 0 unspecified atom stereocenters. The number of carbonyl (C=O) groups is 5. The highest BCUT2D eigenvalue weighted by atomic mass is 35.5. The summed E-state index contributed by atoms with van der Waals surface area (Å²) < 4.78 is 65.9. The maximum Gasteiger partial charge on any atom is 0.338 e. The number of azide groups is 1. The van der Waals surface area contributed by atoms with Crippen molar-refractivity contribution >= 4 is 58.9 Å². The molecule has 2 aliphatic heterocycles. The van der Waals surface area contributed by atoms with Crippen molar-refractivity contribution in [3.63, 3.8) is 0 Å². The molecular weight excluding hydrogens is 1150 g/mol. The highest BCUT2D eigenvalue weighted by Crippen LogP contribution is 2.40. The molecule has 10 atom stereocenters. The van der Waals surface area contributed by atoms with Gasteiger partial charge in [-0.1, -0.05) is 180 Å². The average molecular weight is 1210 g/mol. The normalized spacial score (nSPS) is 21.4. The van der Waals surface area contributed by atoms with E-state index in [4.69, 9.17) is 59.0 Å². The second kappa shape index (κ2) is 30.3. The number of halogens is 1. The molecule has 0 saturated carbocycles. The third kappa shape index (κ3) is 16.2. The van der Waals surface area contributed by atoms with E-state index in [0.717, 1.165) is 10.5 Å². The molecule has 10 rings (SSSR count). The van der Waals surface area contributed by atoms with Crippen LogP contribution in [0.3, 0.4) is 0 Å². The highest BCUT2D eigenvalue weighted by molar-refractivity contribution is 7.99. The van der Waals surface area contributed by atoms with E-state index in [1.54, 1.807) is 133 Å². The van der Waals surface area contributed by atoms with Crippen molar-refractivity contribution in [1.29, 1.82) is 0 Å². The van der Waals surface area contributed by atoms with Crippen LogP contribution in [0.25, 0.3) is 10.4 Å². The number of benzene rings is 8. The van der Waals surface area contributed by atoms with Crippen LogP contribution in [0.1, 0.15) is 62.9 Å². The molecule has 8 aromatic carbocycles. The number of hydrogen-bond acceptors (Lipinski definition) is 17. The highest BCUT2D eigenvalue weighted by Gasteiger charge is 2.55. The van der Waals surface area contributed by atoms with E-state index in [1.807, 2.05) is 60.7 Å². The minimum Gasteiger partial charge on any atom is -0.459 e. The predicted molar refractivity (Wildman–Crippen MR) is 319 cm³/mol. The lowest BCUT2D eigenvalue weighted by Gasteiger charge is -2.47. The minimum absolute atomic E-state index is 0.0220. The lowest BCUT2D eigenvalue weighted by Crippen LogP contribution is -2.64. The largest absolute Gasteiger partial charge is 0.459 e. The molecule has 2 heterocycles. The molecule has 0 amide bonds. The molecule has 2 saturated heterocycles. The summed E-state index contributed by atoms with van der Waals surface area (Å²) in [6, 6.07) is 63.9. The Morgan fingerprint density at radius 3 is 1.37 bits per heavy atom. The number of ether oxygens (including phenoxy) is 10. The first-order valence-electron chi connectivity index (χ1n) is 27.6. The van der Waals surface area contributed by atoms with Crippen molar-refractivity contribution in [2.45, 2.75) is 78.7 Å². The number of nitrogens with zero attached hydrogens (tertiary/aromatic N) is 3. The number of thioether (sulfide) groups is 1. The van der Waals surface area contributed by atoms with Crippen molar-refractivity contribution in [3.8, 4) is 0 Å². The maximum absolute atomic E-state index is 14.5. The summed E-state index contributed by atoms with van der Waals surface area (Å²) in [6.07, 6.45) is -13.2. The van der Waals surface area contributed by atoms with Crippen LogP contribution in [0.4, 0.5) is 5.69 Å². The van der Waals surface area contributed by atoms with Crippen LogP contribution in [-0.2, 0) is 60.6 Å². The van der Waals surface area contributed by atoms with Crippen molar-refractivity contribution in [2.75, 3.05) is 13.2 Å². The Morgan fingerprint density at radius 1 is 0.437 bits per heavy atom. The van der Waals surface area contributed by atoms with Crippen molar-refractivity contribution in [1.82, 2.24) is 0 Å². The zero-order valence-corrected chi connectivity index (χ0v) is 47.9. The molecule has 8 aromatic rings. The monoisotopic (exact) mass is 1210 g/mol. The Morgan fingerprint density at radius 2 is 0.862 bits per heavy atom. The Kier molecular flexibility index (Phi) is 21.2. The van der Waals surface area contributed by atoms with Gasteiger partial charge in [0.25, 0.3) is 0 Å². The number of esters is 5. The quantitative estimate of drug-likeness (QED) is 0.0191. The smallest absolute Gasteiger partial charge is 0.338 e. The van der Waals surface area contributed by atoms with E-state index < -0.39 is 104 Å². The summed E-state index contributed by atoms with van der Waals surface area (Å²) in [5, 5.41) is 3.83. The third-order valence-electron chi connectivity index (χ3n) is 13.9. The van der Waals surface area contributed by atoms with E-state index >= 15 is 0 Å². The fourth-order valence-electron chi connectivity index (χ4n) is 9.60. The maximum atomic E-state index is 14.5. The Bertz CT molecular complexity index is 3620. The SMILES string of the molecule is [N-]=[N+]=Nc1ccc(CO[C@@H]2[C@@H](OC(=O)c3ccccc3)[C@H](Sc3ccccc3)O[C@H](CO[C@@H]3O[C@H](COC(=O)c4ccccc4)[C@@H](OC(=O)c4ccccc4)[C@H](OC(=O)c4ccccc4)[C@H]3OC(=O)c3ccccc3)[C@H]2OCc2ccccc2)cc1Cl. The van der Waals surface area contributed by atoms with Gasteiger partial charge >= 0.3 is 29.8 Å². The molecule has 0 bridgehead atoms. The van der Waals surface area contributed by atoms with Gasteiger partial charge in [-0.15, -0.1) is 0 Å². The Labute approximate surface area is 509 Å². The molecule has 0 aromatic heterocycles. The van der Waals surface area contributed by atoms with E-state index in [9.17, 15) is 29.5 Å². The van der Waals surface area contributed by atoms with Gasteiger partial charge in [-0.2, -0.15) is 0 Å². The molecule has 0 aliphatic carbocycles. The van der Waals surface area contributed by atoms with Gasteiger partial charge in [0.1, 0.15) is 36.5 Å². The van der Waals surface area contributed by atoms with Crippen LogP contribution < -0.4 is 0 Å². The first kappa shape index (κ1) is 61.0. The number of rotatable bonds is 23. The van der Waals surface area contributed by atoms with E-state index in [2.05, 4.69) is 10.0 Å². The van der Waals surface area contributed by atoms with E-state index in [-0.39, 0.29) is 51.7 Å². The molecule has 0 radical (unpaired) electrons. The van der Waals surface area contributed by atoms with Gasteiger partial charge in [-0.25, -0.2) is 24.0 Å². The van der Waals surface area contributed by atoms with Gasteiger partial charge in [0.15, 0.2) is 30.7 Å². The van der Waals surface area contributed by atoms with Crippen LogP contribution in [0.15, 0.2) is 241 Å². The lowest BCUT2D eigenvalue weighted by molar-refractivity contribution is -0.312. The zero-order valence-electron chi connectivity index (χ0n) is 46.3. The van der Waals surface area contributed by atoms with Gasteiger partial charge in [0.2, 0.25) is 0 Å². The fraction of sp³-hybridized carbons (Fsp3) is 0.209. The first-order valence-corrected chi connectivity index (χ1v) is 28.9. The number of carbonyl (C=O) groups excluding carboxylic acids is 5. The van der Waals surface area contributed by atoms with E-state index in [0.29, 0.717) is 5.56 Å². The van der Waals surface area contributed by atoms with Crippen LogP contribution in [0.5, 0.6) is 0 Å².